The van der Waals surface area contributed by atoms with Gasteiger partial charge in [-0.15, -0.1) is 0 Å². The molecule has 0 saturated heterocycles. The summed E-state index contributed by atoms with van der Waals surface area (Å²) in [6.07, 6.45) is 2.73. The molecule has 4 N–H and O–H groups in total. The minimum Gasteiger partial charge on any atom is -0.307 e. The second-order valence-corrected chi connectivity index (χ2v) is 5.41. The van der Waals surface area contributed by atoms with Gasteiger partial charge in [0, 0.05) is 0 Å². The summed E-state index contributed by atoms with van der Waals surface area (Å²) in [5.74, 6) is 5.22. The molecule has 21 heavy (non-hydrogen) atoms. The largest absolute Gasteiger partial charge is 0.307 e. The Balaban J connectivity index is 1.81. The number of nitrogens with two attached hydrogens (primary N) is 1. The number of anilines is 2. The molecule has 0 atom stereocenters. The molecule has 1 aromatic carbocycles. The number of nitrogens with zero attached hydrogens (tertiary/aromatic N) is 3. The Morgan fingerprint density at radius 3 is 2.86 bits per heavy atom. The molecule has 2 aromatic heterocycles. The van der Waals surface area contributed by atoms with Crippen LogP contribution in [-0.2, 0) is 0 Å². The zero-order valence-electron chi connectivity index (χ0n) is 11.1. The topological polar surface area (TPSA) is 106 Å². The van der Waals surface area contributed by atoms with Gasteiger partial charge in [0.25, 0.3) is 5.91 Å². The van der Waals surface area contributed by atoms with E-state index in [0.717, 1.165) is 15.8 Å². The van der Waals surface area contributed by atoms with E-state index in [1.807, 2.05) is 25.1 Å². The Bertz CT molecular complexity index is 798. The van der Waals surface area contributed by atoms with E-state index in [1.54, 1.807) is 0 Å². The van der Waals surface area contributed by atoms with E-state index >= 15 is 0 Å². The van der Waals surface area contributed by atoms with Crippen LogP contribution in [0.4, 0.5) is 10.9 Å². The van der Waals surface area contributed by atoms with Crippen LogP contribution in [0.2, 0.25) is 0 Å². The summed E-state index contributed by atoms with van der Waals surface area (Å²) in [5, 5.41) is 3.25. The summed E-state index contributed by atoms with van der Waals surface area (Å²) >= 11 is 1.42. The van der Waals surface area contributed by atoms with Crippen molar-refractivity contribution in [1.82, 2.24) is 15.0 Å². The predicted octanol–water partition coefficient (Wildman–Crippen LogP) is 1.93. The highest BCUT2D eigenvalue weighted by Gasteiger charge is 2.11. The number of hydrogen-bond acceptors (Lipinski definition) is 7. The standard InChI is InChI=1S/C13H12N6OS/c1-7-2-3-8-10(4-7)21-13(17-8)18-12(20)9-5-16-11(19-14)6-15-9/h2-6H,14H2,1H3,(H,16,19)(H,17,18,20). The summed E-state index contributed by atoms with van der Waals surface area (Å²) in [5.41, 5.74) is 4.56. The summed E-state index contributed by atoms with van der Waals surface area (Å²) < 4.78 is 1.03. The van der Waals surface area contributed by atoms with E-state index in [9.17, 15) is 4.79 Å². The van der Waals surface area contributed by atoms with Crippen LogP contribution >= 0.6 is 11.3 Å². The maximum Gasteiger partial charge on any atom is 0.277 e. The van der Waals surface area contributed by atoms with Gasteiger partial charge in [0.05, 0.1) is 22.6 Å². The molecule has 106 valence electrons. The Kier molecular flexibility index (Phi) is 3.46. The molecule has 0 aliphatic carbocycles. The van der Waals surface area contributed by atoms with Crippen LogP contribution < -0.4 is 16.6 Å². The van der Waals surface area contributed by atoms with Gasteiger partial charge in [0.15, 0.2) is 10.9 Å². The molecule has 0 saturated carbocycles. The number of benzene rings is 1. The fourth-order valence-electron chi connectivity index (χ4n) is 1.77. The third-order valence-electron chi connectivity index (χ3n) is 2.80. The van der Waals surface area contributed by atoms with Crippen LogP contribution in [-0.4, -0.2) is 20.9 Å². The highest BCUT2D eigenvalue weighted by molar-refractivity contribution is 7.22. The van der Waals surface area contributed by atoms with Gasteiger partial charge in [0.2, 0.25) is 0 Å². The number of carbonyl (C=O) groups is 1. The van der Waals surface area contributed by atoms with Gasteiger partial charge < -0.3 is 5.43 Å². The number of aromatic nitrogens is 3. The number of carbonyl (C=O) groups excluding carboxylic acids is 1. The molecule has 3 aromatic rings. The highest BCUT2D eigenvalue weighted by Crippen LogP contribution is 2.26. The molecule has 1 amide bonds. The number of rotatable bonds is 3. The van der Waals surface area contributed by atoms with Crippen LogP contribution in [0.3, 0.4) is 0 Å². The first kappa shape index (κ1) is 13.4. The number of thiazole rings is 1. The number of hydrogen-bond donors (Lipinski definition) is 3. The molecule has 8 heteroatoms. The lowest BCUT2D eigenvalue weighted by Gasteiger charge is -2.01. The molecule has 2 heterocycles. The average molecular weight is 300 g/mol. The van der Waals surface area contributed by atoms with Gasteiger partial charge in [-0.1, -0.05) is 17.4 Å². The zero-order valence-corrected chi connectivity index (χ0v) is 11.9. The van der Waals surface area contributed by atoms with Crippen molar-refractivity contribution >= 4 is 38.4 Å². The van der Waals surface area contributed by atoms with E-state index in [1.165, 1.54) is 23.7 Å². The maximum absolute atomic E-state index is 12.1. The van der Waals surface area contributed by atoms with E-state index in [0.29, 0.717) is 10.9 Å². The van der Waals surface area contributed by atoms with Crippen LogP contribution in [0, 0.1) is 6.92 Å². The fraction of sp³-hybridized carbons (Fsp3) is 0.0769. The Labute approximate surface area is 124 Å². The number of aryl methyl sites for hydroxylation is 1. The van der Waals surface area contributed by atoms with Crippen LogP contribution in [0.5, 0.6) is 0 Å². The Morgan fingerprint density at radius 2 is 2.14 bits per heavy atom. The maximum atomic E-state index is 12.1. The predicted molar refractivity (Wildman–Crippen MR) is 82.2 cm³/mol. The third-order valence-corrected chi connectivity index (χ3v) is 3.73. The first-order valence-electron chi connectivity index (χ1n) is 6.13. The molecule has 0 fully saturated rings. The van der Waals surface area contributed by atoms with Gasteiger partial charge in [-0.05, 0) is 24.6 Å². The molecule has 0 radical (unpaired) electrons. The minimum absolute atomic E-state index is 0.199. The number of nitrogen functional groups attached to an aromatic ring is 1. The number of nitrogens with one attached hydrogen (secondary N) is 2. The van der Waals surface area contributed by atoms with Crippen molar-refractivity contribution in [2.45, 2.75) is 6.92 Å². The van der Waals surface area contributed by atoms with Crippen molar-refractivity contribution in [2.24, 2.45) is 5.84 Å². The Morgan fingerprint density at radius 1 is 1.29 bits per heavy atom. The SMILES string of the molecule is Cc1ccc2nc(NC(=O)c3cnc(NN)cn3)sc2c1. The lowest BCUT2D eigenvalue weighted by molar-refractivity contribution is 0.102. The van der Waals surface area contributed by atoms with Crippen molar-refractivity contribution < 1.29 is 4.79 Å². The quantitative estimate of drug-likeness (QED) is 0.504. The molecule has 0 unspecified atom stereocenters. The van der Waals surface area contributed by atoms with E-state index in [2.05, 4.69) is 25.7 Å². The second kappa shape index (κ2) is 5.43. The fourth-order valence-corrected chi connectivity index (χ4v) is 2.73. The zero-order chi connectivity index (χ0) is 14.8. The van der Waals surface area contributed by atoms with E-state index in [-0.39, 0.29) is 11.6 Å². The highest BCUT2D eigenvalue weighted by atomic mass is 32.1. The van der Waals surface area contributed by atoms with Crippen LogP contribution in [0.1, 0.15) is 16.1 Å². The van der Waals surface area contributed by atoms with Gasteiger partial charge >= 0.3 is 0 Å². The minimum atomic E-state index is -0.359. The third kappa shape index (κ3) is 2.81. The monoisotopic (exact) mass is 300 g/mol. The normalized spacial score (nSPS) is 10.6. The number of fused-ring (bicyclic) bond motifs is 1. The van der Waals surface area contributed by atoms with E-state index in [4.69, 9.17) is 5.84 Å². The van der Waals surface area contributed by atoms with Crippen molar-refractivity contribution in [3.63, 3.8) is 0 Å². The molecular weight excluding hydrogens is 288 g/mol. The lowest BCUT2D eigenvalue weighted by Crippen LogP contribution is -2.15. The van der Waals surface area contributed by atoms with Gasteiger partial charge in [-0.25, -0.2) is 20.8 Å². The van der Waals surface area contributed by atoms with Crippen molar-refractivity contribution in [1.29, 1.82) is 0 Å². The second-order valence-electron chi connectivity index (χ2n) is 4.38. The number of amides is 1. The van der Waals surface area contributed by atoms with Crippen LogP contribution in [0.25, 0.3) is 10.2 Å². The lowest BCUT2D eigenvalue weighted by atomic mass is 10.2. The molecule has 0 bridgehead atoms. The van der Waals surface area contributed by atoms with Crippen molar-refractivity contribution in [3.8, 4) is 0 Å². The van der Waals surface area contributed by atoms with Gasteiger partial charge in [0.1, 0.15) is 5.69 Å². The summed E-state index contributed by atoms with van der Waals surface area (Å²) in [4.78, 5) is 24.3. The van der Waals surface area contributed by atoms with Crippen molar-refractivity contribution in [3.05, 3.63) is 41.9 Å². The number of hydrazine groups is 1. The molecule has 7 nitrogen and oxygen atoms in total. The average Bonchev–Trinajstić information content (AvgIpc) is 2.88. The molecule has 3 rings (SSSR count). The molecule has 0 aliphatic heterocycles. The molecular formula is C13H12N6OS. The van der Waals surface area contributed by atoms with E-state index < -0.39 is 0 Å². The first-order chi connectivity index (χ1) is 10.2. The van der Waals surface area contributed by atoms with Crippen LogP contribution in [0.15, 0.2) is 30.6 Å². The van der Waals surface area contributed by atoms with Gasteiger partial charge in [-0.3, -0.25) is 10.1 Å². The smallest absolute Gasteiger partial charge is 0.277 e. The molecule has 0 spiro atoms. The van der Waals surface area contributed by atoms with Crippen molar-refractivity contribution in [2.75, 3.05) is 10.7 Å². The summed E-state index contributed by atoms with van der Waals surface area (Å²) in [7, 11) is 0. The summed E-state index contributed by atoms with van der Waals surface area (Å²) in [6, 6.07) is 5.94. The summed E-state index contributed by atoms with van der Waals surface area (Å²) in [6.45, 7) is 2.01. The Hall–Kier alpha value is -2.58. The molecule has 0 aliphatic rings. The first-order valence-corrected chi connectivity index (χ1v) is 6.94. The van der Waals surface area contributed by atoms with Gasteiger partial charge in [-0.2, -0.15) is 0 Å².